The summed E-state index contributed by atoms with van der Waals surface area (Å²) >= 11 is 0. The van der Waals surface area contributed by atoms with Crippen molar-refractivity contribution in [1.29, 1.82) is 0 Å². The molecule has 2 unspecified atom stereocenters. The fraction of sp³-hybridized carbons (Fsp3) is 0.571. The van der Waals surface area contributed by atoms with Crippen molar-refractivity contribution >= 4 is 0 Å². The van der Waals surface area contributed by atoms with Crippen LogP contribution >= 0.6 is 0 Å². The van der Waals surface area contributed by atoms with Gasteiger partial charge in [0.15, 0.2) is 0 Å². The van der Waals surface area contributed by atoms with Crippen LogP contribution < -0.4 is 10.1 Å². The zero-order valence-corrected chi connectivity index (χ0v) is 10.6. The minimum absolute atomic E-state index is 0.241. The highest BCUT2D eigenvalue weighted by atomic mass is 16.5. The van der Waals surface area contributed by atoms with Crippen LogP contribution in [0.2, 0.25) is 0 Å². The first-order valence-electron chi connectivity index (χ1n) is 6.25. The summed E-state index contributed by atoms with van der Waals surface area (Å²) in [7, 11) is 1.70. The van der Waals surface area contributed by atoms with Crippen LogP contribution in [0.3, 0.4) is 0 Å². The molecule has 0 aliphatic heterocycles. The van der Waals surface area contributed by atoms with Gasteiger partial charge in [0.05, 0.1) is 7.11 Å². The molecule has 94 valence electrons. The Balaban J connectivity index is 2.04. The van der Waals surface area contributed by atoms with Gasteiger partial charge in [-0.15, -0.1) is 0 Å². The van der Waals surface area contributed by atoms with Gasteiger partial charge in [0.2, 0.25) is 0 Å². The molecule has 0 amide bonds. The third-order valence-corrected chi connectivity index (χ3v) is 3.46. The van der Waals surface area contributed by atoms with Crippen molar-refractivity contribution in [3.05, 3.63) is 29.3 Å². The summed E-state index contributed by atoms with van der Waals surface area (Å²) in [5.74, 6) is 1.23. The van der Waals surface area contributed by atoms with Crippen molar-refractivity contribution in [2.75, 3.05) is 20.3 Å². The molecule has 0 heterocycles. The summed E-state index contributed by atoms with van der Waals surface area (Å²) in [6.07, 6.45) is 2.27. The highest BCUT2D eigenvalue weighted by Crippen LogP contribution is 2.33. The van der Waals surface area contributed by atoms with Gasteiger partial charge in [-0.05, 0) is 42.0 Å². The predicted octanol–water partition coefficient (Wildman–Crippen LogP) is 1.90. The first-order chi connectivity index (χ1) is 8.24. The van der Waals surface area contributed by atoms with Crippen molar-refractivity contribution in [2.45, 2.75) is 25.8 Å². The second-order valence-electron chi connectivity index (χ2n) is 4.85. The number of hydrogen-bond acceptors (Lipinski definition) is 3. The SMILES string of the molecule is COc1ccc2c(c1)C(NCC(C)CO)CC2. The van der Waals surface area contributed by atoms with Gasteiger partial charge in [0.1, 0.15) is 5.75 Å². The van der Waals surface area contributed by atoms with E-state index in [4.69, 9.17) is 9.84 Å². The van der Waals surface area contributed by atoms with Crippen molar-refractivity contribution in [3.63, 3.8) is 0 Å². The van der Waals surface area contributed by atoms with Crippen LogP contribution in [0, 0.1) is 5.92 Å². The van der Waals surface area contributed by atoms with Gasteiger partial charge in [-0.25, -0.2) is 0 Å². The van der Waals surface area contributed by atoms with E-state index in [1.54, 1.807) is 7.11 Å². The molecule has 3 nitrogen and oxygen atoms in total. The van der Waals surface area contributed by atoms with Crippen LogP contribution in [0.1, 0.15) is 30.5 Å². The molecule has 1 aromatic rings. The lowest BCUT2D eigenvalue weighted by Gasteiger charge is -2.17. The van der Waals surface area contributed by atoms with Crippen LogP contribution in [-0.2, 0) is 6.42 Å². The van der Waals surface area contributed by atoms with Gasteiger partial charge in [-0.2, -0.15) is 0 Å². The van der Waals surface area contributed by atoms with Gasteiger partial charge in [-0.1, -0.05) is 13.0 Å². The van der Waals surface area contributed by atoms with E-state index < -0.39 is 0 Å². The van der Waals surface area contributed by atoms with Crippen molar-refractivity contribution in [1.82, 2.24) is 5.32 Å². The Morgan fingerprint density at radius 3 is 3.06 bits per heavy atom. The van der Waals surface area contributed by atoms with Crippen molar-refractivity contribution in [3.8, 4) is 5.75 Å². The first-order valence-corrected chi connectivity index (χ1v) is 6.25. The molecule has 0 bridgehead atoms. The third-order valence-electron chi connectivity index (χ3n) is 3.46. The largest absolute Gasteiger partial charge is 0.497 e. The molecule has 2 atom stereocenters. The van der Waals surface area contributed by atoms with E-state index in [2.05, 4.69) is 24.4 Å². The van der Waals surface area contributed by atoms with Crippen LogP contribution in [0.4, 0.5) is 0 Å². The number of benzene rings is 1. The summed E-state index contributed by atoms with van der Waals surface area (Å²) in [6.45, 7) is 3.15. The monoisotopic (exact) mass is 235 g/mol. The number of nitrogens with one attached hydrogen (secondary N) is 1. The van der Waals surface area contributed by atoms with E-state index in [1.165, 1.54) is 11.1 Å². The minimum atomic E-state index is 0.241. The Morgan fingerprint density at radius 1 is 1.53 bits per heavy atom. The van der Waals surface area contributed by atoms with Crippen LogP contribution in [0.5, 0.6) is 5.75 Å². The van der Waals surface area contributed by atoms with Gasteiger partial charge in [0, 0.05) is 19.2 Å². The highest BCUT2D eigenvalue weighted by Gasteiger charge is 2.22. The highest BCUT2D eigenvalue weighted by molar-refractivity contribution is 5.40. The third kappa shape index (κ3) is 2.79. The maximum atomic E-state index is 9.03. The minimum Gasteiger partial charge on any atom is -0.497 e. The topological polar surface area (TPSA) is 41.5 Å². The van der Waals surface area contributed by atoms with E-state index in [0.29, 0.717) is 12.0 Å². The quantitative estimate of drug-likeness (QED) is 0.819. The number of rotatable bonds is 5. The fourth-order valence-electron chi connectivity index (χ4n) is 2.33. The van der Waals surface area contributed by atoms with Gasteiger partial charge in [-0.3, -0.25) is 0 Å². The second kappa shape index (κ2) is 5.52. The van der Waals surface area contributed by atoms with Crippen LogP contribution in [0.25, 0.3) is 0 Å². The molecule has 2 N–H and O–H groups in total. The normalized spacial score (nSPS) is 20.1. The van der Waals surface area contributed by atoms with E-state index in [0.717, 1.165) is 25.1 Å². The molecule has 2 rings (SSSR count). The lowest BCUT2D eigenvalue weighted by molar-refractivity contribution is 0.230. The molecule has 1 aromatic carbocycles. The molecule has 1 aliphatic carbocycles. The molecule has 0 spiro atoms. The van der Waals surface area contributed by atoms with Gasteiger partial charge < -0.3 is 15.2 Å². The van der Waals surface area contributed by atoms with E-state index >= 15 is 0 Å². The Labute approximate surface area is 103 Å². The Hall–Kier alpha value is -1.06. The molecule has 0 radical (unpaired) electrons. The Morgan fingerprint density at radius 2 is 2.35 bits per heavy atom. The number of aryl methyl sites for hydroxylation is 1. The lowest BCUT2D eigenvalue weighted by Crippen LogP contribution is -2.26. The fourth-order valence-corrected chi connectivity index (χ4v) is 2.33. The van der Waals surface area contributed by atoms with E-state index in [-0.39, 0.29) is 6.61 Å². The molecular weight excluding hydrogens is 214 g/mol. The second-order valence-corrected chi connectivity index (χ2v) is 4.85. The maximum absolute atomic E-state index is 9.03. The smallest absolute Gasteiger partial charge is 0.119 e. The summed E-state index contributed by atoms with van der Waals surface area (Å²) in [5.41, 5.74) is 2.77. The lowest BCUT2D eigenvalue weighted by atomic mass is 10.1. The van der Waals surface area contributed by atoms with Gasteiger partial charge in [0.25, 0.3) is 0 Å². The summed E-state index contributed by atoms with van der Waals surface area (Å²) < 4.78 is 5.27. The number of hydrogen-bond donors (Lipinski definition) is 2. The number of aliphatic hydroxyl groups excluding tert-OH is 1. The number of methoxy groups -OCH3 is 1. The molecule has 0 saturated carbocycles. The van der Waals surface area contributed by atoms with E-state index in [9.17, 15) is 0 Å². The molecule has 1 aliphatic rings. The van der Waals surface area contributed by atoms with Crippen molar-refractivity contribution in [2.24, 2.45) is 5.92 Å². The molecule has 0 saturated heterocycles. The van der Waals surface area contributed by atoms with Crippen LogP contribution in [-0.4, -0.2) is 25.4 Å². The zero-order chi connectivity index (χ0) is 12.3. The Kier molecular flexibility index (Phi) is 4.02. The number of fused-ring (bicyclic) bond motifs is 1. The number of aliphatic hydroxyl groups is 1. The van der Waals surface area contributed by atoms with E-state index in [1.807, 2.05) is 6.07 Å². The maximum Gasteiger partial charge on any atom is 0.119 e. The van der Waals surface area contributed by atoms with Gasteiger partial charge >= 0.3 is 0 Å². The van der Waals surface area contributed by atoms with Crippen molar-refractivity contribution < 1.29 is 9.84 Å². The summed E-state index contributed by atoms with van der Waals surface area (Å²) in [6, 6.07) is 6.72. The van der Waals surface area contributed by atoms with Crippen LogP contribution in [0.15, 0.2) is 18.2 Å². The first kappa shape index (κ1) is 12.4. The molecule has 0 fully saturated rings. The zero-order valence-electron chi connectivity index (χ0n) is 10.6. The summed E-state index contributed by atoms with van der Waals surface area (Å²) in [5, 5.41) is 12.6. The molecular formula is C14H21NO2. The molecule has 0 aromatic heterocycles. The standard InChI is InChI=1S/C14H21NO2/c1-10(9-16)8-15-14-6-4-11-3-5-12(17-2)7-13(11)14/h3,5,7,10,14-16H,4,6,8-9H2,1-2H3. The molecule has 3 heteroatoms. The summed E-state index contributed by atoms with van der Waals surface area (Å²) in [4.78, 5) is 0. The number of ether oxygens (including phenoxy) is 1. The molecule has 17 heavy (non-hydrogen) atoms. The predicted molar refractivity (Wildman–Crippen MR) is 68.3 cm³/mol. The Bertz CT molecular complexity index is 378. The average molecular weight is 235 g/mol. The average Bonchev–Trinajstić information content (AvgIpc) is 2.78.